The topological polar surface area (TPSA) is 17.1 Å². The Kier molecular flexibility index (Phi) is 4.55. The van der Waals surface area contributed by atoms with E-state index in [0.29, 0.717) is 6.42 Å². The van der Waals surface area contributed by atoms with E-state index < -0.39 is 0 Å². The molecule has 0 N–H and O–H groups in total. The highest BCUT2D eigenvalue weighted by atomic mass is 16.1. The van der Waals surface area contributed by atoms with E-state index in [0.717, 1.165) is 12.0 Å². The van der Waals surface area contributed by atoms with Crippen LogP contribution in [0.4, 0.5) is 0 Å². The maximum absolute atomic E-state index is 10.7. The van der Waals surface area contributed by atoms with Gasteiger partial charge < -0.3 is 0 Å². The lowest BCUT2D eigenvalue weighted by Crippen LogP contribution is -1.86. The second-order valence-electron chi connectivity index (χ2n) is 2.17. The van der Waals surface area contributed by atoms with E-state index in [2.05, 4.69) is 6.58 Å². The van der Waals surface area contributed by atoms with E-state index in [1.54, 1.807) is 12.2 Å². The third kappa shape index (κ3) is 4.07. The van der Waals surface area contributed by atoms with Crippen molar-refractivity contribution < 1.29 is 4.79 Å². The van der Waals surface area contributed by atoms with Gasteiger partial charge in [-0.2, -0.15) is 0 Å². The first-order valence-electron chi connectivity index (χ1n) is 3.59. The molecule has 1 heteroatoms. The molecule has 0 spiro atoms. The van der Waals surface area contributed by atoms with Gasteiger partial charge in [-0.3, -0.25) is 4.79 Å². The van der Waals surface area contributed by atoms with E-state index in [9.17, 15) is 4.79 Å². The molecular formula is C9H14O. The summed E-state index contributed by atoms with van der Waals surface area (Å²) < 4.78 is 0. The fourth-order valence-electron chi connectivity index (χ4n) is 0.446. The van der Waals surface area contributed by atoms with Crippen LogP contribution < -0.4 is 0 Å². The van der Waals surface area contributed by atoms with Crippen molar-refractivity contribution in [1.82, 2.24) is 0 Å². The van der Waals surface area contributed by atoms with Crippen LogP contribution in [0.3, 0.4) is 0 Å². The van der Waals surface area contributed by atoms with Gasteiger partial charge in [-0.1, -0.05) is 32.1 Å². The average Bonchev–Trinajstić information content (AvgIpc) is 1.99. The molecule has 0 saturated carbocycles. The zero-order chi connectivity index (χ0) is 7.98. The van der Waals surface area contributed by atoms with Crippen LogP contribution in [0.1, 0.15) is 26.7 Å². The van der Waals surface area contributed by atoms with Gasteiger partial charge in [0.05, 0.1) is 0 Å². The molecule has 0 aromatic rings. The first-order chi connectivity index (χ1) is 4.70. The standard InChI is InChI=1S/C9H14O/c1-4-8(3)6-7-9(10)5-2/h6-7H,3-5H2,1-2H3/b7-6-. The van der Waals surface area contributed by atoms with Crippen molar-refractivity contribution >= 4 is 5.78 Å². The maximum atomic E-state index is 10.7. The minimum atomic E-state index is 0.162. The SMILES string of the molecule is C=C(/C=C\C(=O)CC)CC. The molecule has 0 aliphatic heterocycles. The van der Waals surface area contributed by atoms with E-state index in [1.165, 1.54) is 0 Å². The number of rotatable bonds is 4. The van der Waals surface area contributed by atoms with Crippen LogP contribution in [0.15, 0.2) is 24.3 Å². The number of carbonyl (C=O) groups is 1. The average molecular weight is 138 g/mol. The van der Waals surface area contributed by atoms with E-state index in [1.807, 2.05) is 13.8 Å². The predicted octanol–water partition coefficient (Wildman–Crippen LogP) is 2.49. The van der Waals surface area contributed by atoms with Crippen molar-refractivity contribution in [2.45, 2.75) is 26.7 Å². The summed E-state index contributed by atoms with van der Waals surface area (Å²) in [5.41, 5.74) is 1.00. The molecule has 56 valence electrons. The number of hydrogen-bond acceptors (Lipinski definition) is 1. The second-order valence-corrected chi connectivity index (χ2v) is 2.17. The van der Waals surface area contributed by atoms with E-state index in [-0.39, 0.29) is 5.78 Å². The van der Waals surface area contributed by atoms with Crippen molar-refractivity contribution in [1.29, 1.82) is 0 Å². The van der Waals surface area contributed by atoms with E-state index in [4.69, 9.17) is 0 Å². The molecule has 1 nitrogen and oxygen atoms in total. The van der Waals surface area contributed by atoms with Gasteiger partial charge in [-0.15, -0.1) is 0 Å². The molecular weight excluding hydrogens is 124 g/mol. The molecule has 0 atom stereocenters. The summed E-state index contributed by atoms with van der Waals surface area (Å²) in [4.78, 5) is 10.7. The fraction of sp³-hybridized carbons (Fsp3) is 0.444. The zero-order valence-electron chi connectivity index (χ0n) is 6.68. The Morgan fingerprint density at radius 1 is 1.30 bits per heavy atom. The minimum absolute atomic E-state index is 0.162. The van der Waals surface area contributed by atoms with Gasteiger partial charge in [0.1, 0.15) is 0 Å². The van der Waals surface area contributed by atoms with Gasteiger partial charge in [0.15, 0.2) is 5.78 Å². The largest absolute Gasteiger partial charge is 0.295 e. The Hall–Kier alpha value is -0.850. The molecule has 0 amide bonds. The fourth-order valence-corrected chi connectivity index (χ4v) is 0.446. The van der Waals surface area contributed by atoms with Crippen molar-refractivity contribution in [3.05, 3.63) is 24.3 Å². The number of hydrogen-bond donors (Lipinski definition) is 0. The van der Waals surface area contributed by atoms with Gasteiger partial charge in [0.2, 0.25) is 0 Å². The Morgan fingerprint density at radius 2 is 1.90 bits per heavy atom. The third-order valence-corrected chi connectivity index (χ3v) is 1.31. The zero-order valence-corrected chi connectivity index (χ0v) is 6.68. The normalized spacial score (nSPS) is 10.2. The third-order valence-electron chi connectivity index (χ3n) is 1.31. The number of allylic oxidation sites excluding steroid dienone is 3. The molecule has 0 fully saturated rings. The highest BCUT2D eigenvalue weighted by molar-refractivity contribution is 5.89. The summed E-state index contributed by atoms with van der Waals surface area (Å²) in [6, 6.07) is 0. The molecule has 0 aromatic carbocycles. The van der Waals surface area contributed by atoms with Gasteiger partial charge in [-0.25, -0.2) is 0 Å². The Labute approximate surface area is 62.4 Å². The minimum Gasteiger partial charge on any atom is -0.295 e. The van der Waals surface area contributed by atoms with Crippen LogP contribution in [-0.2, 0) is 4.79 Å². The van der Waals surface area contributed by atoms with E-state index >= 15 is 0 Å². The van der Waals surface area contributed by atoms with Crippen LogP contribution in [-0.4, -0.2) is 5.78 Å². The van der Waals surface area contributed by atoms with Crippen LogP contribution in [0.25, 0.3) is 0 Å². The molecule has 0 radical (unpaired) electrons. The first kappa shape index (κ1) is 9.15. The molecule has 0 aliphatic carbocycles. The number of ketones is 1. The van der Waals surface area contributed by atoms with Crippen molar-refractivity contribution in [2.75, 3.05) is 0 Å². The monoisotopic (exact) mass is 138 g/mol. The first-order valence-corrected chi connectivity index (χ1v) is 3.59. The predicted molar refractivity (Wildman–Crippen MR) is 43.9 cm³/mol. The summed E-state index contributed by atoms with van der Waals surface area (Å²) in [6.07, 6.45) is 4.86. The van der Waals surface area contributed by atoms with Crippen LogP contribution in [0.5, 0.6) is 0 Å². The summed E-state index contributed by atoms with van der Waals surface area (Å²) >= 11 is 0. The highest BCUT2D eigenvalue weighted by Crippen LogP contribution is 1.98. The highest BCUT2D eigenvalue weighted by Gasteiger charge is 1.88. The lowest BCUT2D eigenvalue weighted by molar-refractivity contribution is -0.114. The second kappa shape index (κ2) is 4.98. The number of carbonyl (C=O) groups excluding carboxylic acids is 1. The van der Waals surface area contributed by atoms with Crippen molar-refractivity contribution in [3.63, 3.8) is 0 Å². The summed E-state index contributed by atoms with van der Waals surface area (Å²) in [6.45, 7) is 7.61. The molecule has 0 rings (SSSR count). The van der Waals surface area contributed by atoms with Gasteiger partial charge in [-0.05, 0) is 12.5 Å². The lowest BCUT2D eigenvalue weighted by Gasteiger charge is -1.89. The van der Waals surface area contributed by atoms with Crippen molar-refractivity contribution in [3.8, 4) is 0 Å². The van der Waals surface area contributed by atoms with Gasteiger partial charge >= 0.3 is 0 Å². The Balaban J connectivity index is 3.75. The molecule has 10 heavy (non-hydrogen) atoms. The smallest absolute Gasteiger partial charge is 0.155 e. The Bertz CT molecular complexity index is 136. The molecule has 0 saturated heterocycles. The quantitative estimate of drug-likeness (QED) is 0.431. The maximum Gasteiger partial charge on any atom is 0.155 e. The molecule has 0 aliphatic rings. The van der Waals surface area contributed by atoms with Crippen LogP contribution in [0, 0.1) is 0 Å². The Morgan fingerprint density at radius 3 is 2.30 bits per heavy atom. The van der Waals surface area contributed by atoms with Gasteiger partial charge in [0, 0.05) is 6.42 Å². The molecule has 0 aromatic heterocycles. The summed E-state index contributed by atoms with van der Waals surface area (Å²) in [5, 5.41) is 0. The lowest BCUT2D eigenvalue weighted by atomic mass is 10.2. The molecule has 0 unspecified atom stereocenters. The van der Waals surface area contributed by atoms with Crippen LogP contribution >= 0.6 is 0 Å². The molecule has 0 bridgehead atoms. The van der Waals surface area contributed by atoms with Crippen molar-refractivity contribution in [2.24, 2.45) is 0 Å². The van der Waals surface area contributed by atoms with Gasteiger partial charge in [0.25, 0.3) is 0 Å². The summed E-state index contributed by atoms with van der Waals surface area (Å²) in [5.74, 6) is 0.162. The van der Waals surface area contributed by atoms with Crippen LogP contribution in [0.2, 0.25) is 0 Å². The molecule has 0 heterocycles. The summed E-state index contributed by atoms with van der Waals surface area (Å²) in [7, 11) is 0.